The summed E-state index contributed by atoms with van der Waals surface area (Å²) in [5, 5.41) is 0. The molecule has 0 unspecified atom stereocenters. The van der Waals surface area contributed by atoms with Crippen molar-refractivity contribution in [3.05, 3.63) is 0 Å². The van der Waals surface area contributed by atoms with Gasteiger partial charge in [0.1, 0.15) is 0 Å². The van der Waals surface area contributed by atoms with Crippen LogP contribution in [0.1, 0.15) is 40.0 Å². The van der Waals surface area contributed by atoms with E-state index in [-0.39, 0.29) is 0 Å². The molecule has 0 aromatic carbocycles. The van der Waals surface area contributed by atoms with E-state index >= 15 is 0 Å². The quantitative estimate of drug-likeness (QED) is 0.628. The zero-order chi connectivity index (χ0) is 8.97. The Balaban J connectivity index is 2.25. The molecule has 0 spiro atoms. The number of hydrogen-bond donors (Lipinski definition) is 0. The van der Waals surface area contributed by atoms with Crippen LogP contribution in [-0.2, 0) is 0 Å². The van der Waals surface area contributed by atoms with E-state index in [9.17, 15) is 0 Å². The highest BCUT2D eigenvalue weighted by atomic mass is 15.1. The van der Waals surface area contributed by atoms with Crippen molar-refractivity contribution in [3.8, 4) is 0 Å². The molecule has 0 aromatic rings. The number of piperidine rings is 1. The first-order valence-corrected chi connectivity index (χ1v) is 5.44. The molecule has 0 aromatic heterocycles. The van der Waals surface area contributed by atoms with E-state index in [1.165, 1.54) is 38.9 Å². The van der Waals surface area contributed by atoms with Crippen LogP contribution >= 0.6 is 0 Å². The second-order valence-corrected chi connectivity index (χ2v) is 4.53. The molecule has 72 valence electrons. The summed E-state index contributed by atoms with van der Waals surface area (Å²) in [4.78, 5) is 2.59. The molecule has 1 aliphatic heterocycles. The number of nitrogens with zero attached hydrogens (tertiary/aromatic N) is 1. The Morgan fingerprint density at radius 1 is 1.42 bits per heavy atom. The molecular formula is C11H23N. The van der Waals surface area contributed by atoms with E-state index < -0.39 is 0 Å². The van der Waals surface area contributed by atoms with Crippen LogP contribution in [0.2, 0.25) is 0 Å². The molecule has 1 fully saturated rings. The second-order valence-electron chi connectivity index (χ2n) is 4.53. The van der Waals surface area contributed by atoms with E-state index in [1.807, 2.05) is 0 Å². The first kappa shape index (κ1) is 10.0. The molecule has 12 heavy (non-hydrogen) atoms. The van der Waals surface area contributed by atoms with Crippen molar-refractivity contribution in [3.63, 3.8) is 0 Å². The lowest BCUT2D eigenvalue weighted by Gasteiger charge is -2.32. The first-order valence-electron chi connectivity index (χ1n) is 5.44. The summed E-state index contributed by atoms with van der Waals surface area (Å²) in [5.41, 5.74) is 0. The van der Waals surface area contributed by atoms with Gasteiger partial charge in [-0.25, -0.2) is 0 Å². The molecule has 0 saturated carbocycles. The fourth-order valence-corrected chi connectivity index (χ4v) is 2.30. The Morgan fingerprint density at radius 2 is 2.17 bits per heavy atom. The molecule has 0 bridgehead atoms. The Labute approximate surface area is 77.1 Å². The van der Waals surface area contributed by atoms with Crippen LogP contribution in [0.3, 0.4) is 0 Å². The van der Waals surface area contributed by atoms with Crippen LogP contribution < -0.4 is 0 Å². The second kappa shape index (κ2) is 4.86. The minimum Gasteiger partial charge on any atom is -0.303 e. The van der Waals surface area contributed by atoms with E-state index in [1.54, 1.807) is 0 Å². The van der Waals surface area contributed by atoms with Crippen molar-refractivity contribution in [2.45, 2.75) is 40.0 Å². The summed E-state index contributed by atoms with van der Waals surface area (Å²) in [6, 6.07) is 0. The van der Waals surface area contributed by atoms with E-state index in [4.69, 9.17) is 0 Å². The molecule has 0 amide bonds. The lowest BCUT2D eigenvalue weighted by atomic mass is 9.90. The normalized spacial score (nSPS) is 26.5. The van der Waals surface area contributed by atoms with E-state index in [0.29, 0.717) is 0 Å². The highest BCUT2D eigenvalue weighted by Gasteiger charge is 2.18. The Kier molecular flexibility index (Phi) is 4.07. The van der Waals surface area contributed by atoms with Gasteiger partial charge < -0.3 is 4.90 Å². The van der Waals surface area contributed by atoms with Crippen LogP contribution in [0.25, 0.3) is 0 Å². The SMILES string of the molecule is CCN1CCC[C@H](CC(C)C)C1. The van der Waals surface area contributed by atoms with Gasteiger partial charge in [0.15, 0.2) is 0 Å². The first-order chi connectivity index (χ1) is 5.72. The fraction of sp³-hybridized carbons (Fsp3) is 1.00. The number of likely N-dealkylation sites (tertiary alicyclic amines) is 1. The van der Waals surface area contributed by atoms with Crippen molar-refractivity contribution in [2.24, 2.45) is 11.8 Å². The minimum atomic E-state index is 0.881. The Bertz CT molecular complexity index is 120. The van der Waals surface area contributed by atoms with Gasteiger partial charge in [0.2, 0.25) is 0 Å². The highest BCUT2D eigenvalue weighted by molar-refractivity contribution is 4.72. The summed E-state index contributed by atoms with van der Waals surface area (Å²) < 4.78 is 0. The van der Waals surface area contributed by atoms with Crippen molar-refractivity contribution in [1.29, 1.82) is 0 Å². The molecule has 1 aliphatic rings. The van der Waals surface area contributed by atoms with Gasteiger partial charge in [-0.1, -0.05) is 20.8 Å². The van der Waals surface area contributed by atoms with Gasteiger partial charge in [0.25, 0.3) is 0 Å². The zero-order valence-corrected chi connectivity index (χ0v) is 8.84. The van der Waals surface area contributed by atoms with Crippen LogP contribution in [0.5, 0.6) is 0 Å². The summed E-state index contributed by atoms with van der Waals surface area (Å²) in [6.45, 7) is 10.9. The van der Waals surface area contributed by atoms with E-state index in [2.05, 4.69) is 25.7 Å². The molecular weight excluding hydrogens is 146 g/mol. The average molecular weight is 169 g/mol. The highest BCUT2D eigenvalue weighted by Crippen LogP contribution is 2.22. The summed E-state index contributed by atoms with van der Waals surface area (Å²) in [7, 11) is 0. The van der Waals surface area contributed by atoms with Crippen LogP contribution in [0.15, 0.2) is 0 Å². The maximum absolute atomic E-state index is 2.59. The van der Waals surface area contributed by atoms with Crippen molar-refractivity contribution in [1.82, 2.24) is 4.90 Å². The van der Waals surface area contributed by atoms with E-state index in [0.717, 1.165) is 11.8 Å². The van der Waals surface area contributed by atoms with Crippen molar-refractivity contribution < 1.29 is 0 Å². The lowest BCUT2D eigenvalue weighted by molar-refractivity contribution is 0.166. The van der Waals surface area contributed by atoms with Gasteiger partial charge in [-0.3, -0.25) is 0 Å². The van der Waals surface area contributed by atoms with Crippen LogP contribution in [0, 0.1) is 11.8 Å². The van der Waals surface area contributed by atoms with Gasteiger partial charge in [-0.2, -0.15) is 0 Å². The summed E-state index contributed by atoms with van der Waals surface area (Å²) in [6.07, 6.45) is 4.32. The summed E-state index contributed by atoms with van der Waals surface area (Å²) >= 11 is 0. The smallest absolute Gasteiger partial charge is 0.000965 e. The maximum atomic E-state index is 2.59. The molecule has 1 heteroatoms. The largest absolute Gasteiger partial charge is 0.303 e. The van der Waals surface area contributed by atoms with Gasteiger partial charge in [-0.05, 0) is 44.2 Å². The molecule has 0 aliphatic carbocycles. The fourth-order valence-electron chi connectivity index (χ4n) is 2.30. The van der Waals surface area contributed by atoms with Gasteiger partial charge in [0, 0.05) is 6.54 Å². The molecule has 1 nitrogen and oxygen atoms in total. The third-order valence-corrected chi connectivity index (χ3v) is 2.86. The zero-order valence-electron chi connectivity index (χ0n) is 8.84. The third kappa shape index (κ3) is 3.14. The predicted molar refractivity (Wildman–Crippen MR) is 54.3 cm³/mol. The summed E-state index contributed by atoms with van der Waals surface area (Å²) in [5.74, 6) is 1.87. The van der Waals surface area contributed by atoms with Gasteiger partial charge >= 0.3 is 0 Å². The van der Waals surface area contributed by atoms with Gasteiger partial charge in [0.05, 0.1) is 0 Å². The third-order valence-electron chi connectivity index (χ3n) is 2.86. The molecule has 1 saturated heterocycles. The molecule has 1 rings (SSSR count). The average Bonchev–Trinajstić information content (AvgIpc) is 2.03. The topological polar surface area (TPSA) is 3.24 Å². The Morgan fingerprint density at radius 3 is 2.75 bits per heavy atom. The minimum absolute atomic E-state index is 0.881. The van der Waals surface area contributed by atoms with Crippen molar-refractivity contribution >= 4 is 0 Å². The van der Waals surface area contributed by atoms with Crippen molar-refractivity contribution in [2.75, 3.05) is 19.6 Å². The van der Waals surface area contributed by atoms with Crippen LogP contribution in [-0.4, -0.2) is 24.5 Å². The number of rotatable bonds is 3. The molecule has 1 heterocycles. The monoisotopic (exact) mass is 169 g/mol. The maximum Gasteiger partial charge on any atom is 0.000965 e. The molecule has 0 N–H and O–H groups in total. The van der Waals surface area contributed by atoms with Gasteiger partial charge in [-0.15, -0.1) is 0 Å². The molecule has 1 atom stereocenters. The standard InChI is InChI=1S/C11H23N/c1-4-12-7-5-6-11(9-12)8-10(2)3/h10-11H,4-9H2,1-3H3/t11-/m1/s1. The Hall–Kier alpha value is -0.0400. The molecule has 0 radical (unpaired) electrons. The predicted octanol–water partition coefficient (Wildman–Crippen LogP) is 2.76. The van der Waals surface area contributed by atoms with Crippen LogP contribution in [0.4, 0.5) is 0 Å². The number of hydrogen-bond acceptors (Lipinski definition) is 1. The lowest BCUT2D eigenvalue weighted by Crippen LogP contribution is -2.35.